The number of hydrazine groups is 1. The van der Waals surface area contributed by atoms with Crippen LogP contribution in [0, 0.1) is 5.82 Å². The van der Waals surface area contributed by atoms with E-state index in [4.69, 9.17) is 0 Å². The van der Waals surface area contributed by atoms with E-state index in [1.54, 1.807) is 12.1 Å². The lowest BCUT2D eigenvalue weighted by Crippen LogP contribution is -2.51. The zero-order valence-corrected chi connectivity index (χ0v) is 16.7. The Kier molecular flexibility index (Phi) is 4.55. The van der Waals surface area contributed by atoms with E-state index in [0.29, 0.717) is 6.54 Å². The van der Waals surface area contributed by atoms with Crippen LogP contribution in [-0.2, 0) is 6.54 Å². The van der Waals surface area contributed by atoms with Crippen molar-refractivity contribution in [3.63, 3.8) is 0 Å². The van der Waals surface area contributed by atoms with Crippen LogP contribution < -0.4 is 10.3 Å². The van der Waals surface area contributed by atoms with E-state index in [1.807, 2.05) is 23.5 Å². The molecule has 0 saturated carbocycles. The van der Waals surface area contributed by atoms with Crippen LogP contribution >= 0.6 is 11.3 Å². The van der Waals surface area contributed by atoms with E-state index in [0.717, 1.165) is 37.6 Å². The molecule has 5 rings (SSSR count). The minimum absolute atomic E-state index is 0.209. The number of benzene rings is 2. The van der Waals surface area contributed by atoms with Gasteiger partial charge in [-0.2, -0.15) is 0 Å². The van der Waals surface area contributed by atoms with Gasteiger partial charge in [0.15, 0.2) is 0 Å². The van der Waals surface area contributed by atoms with Gasteiger partial charge in [0.25, 0.3) is 0 Å². The number of halogens is 1. The summed E-state index contributed by atoms with van der Waals surface area (Å²) in [5.74, 6) is -0.209. The summed E-state index contributed by atoms with van der Waals surface area (Å²) in [5.41, 5.74) is 4.35. The minimum Gasteiger partial charge on any atom is -0.379 e. The highest BCUT2D eigenvalue weighted by molar-refractivity contribution is 7.19. The quantitative estimate of drug-likeness (QED) is 0.675. The van der Waals surface area contributed by atoms with Gasteiger partial charge in [-0.25, -0.2) is 9.40 Å². The summed E-state index contributed by atoms with van der Waals surface area (Å²) >= 11 is 1.81. The van der Waals surface area contributed by atoms with Gasteiger partial charge in [0.1, 0.15) is 10.8 Å². The van der Waals surface area contributed by atoms with Crippen molar-refractivity contribution in [3.8, 4) is 10.4 Å². The Balaban J connectivity index is 1.62. The van der Waals surface area contributed by atoms with Gasteiger partial charge in [0.05, 0.1) is 11.4 Å². The summed E-state index contributed by atoms with van der Waals surface area (Å²) in [5, 5.41) is 9.39. The van der Waals surface area contributed by atoms with Crippen LogP contribution in [0.2, 0.25) is 0 Å². The van der Waals surface area contributed by atoms with Crippen molar-refractivity contribution in [2.45, 2.75) is 6.54 Å². The van der Waals surface area contributed by atoms with E-state index in [9.17, 15) is 4.39 Å². The Labute approximate surface area is 168 Å². The summed E-state index contributed by atoms with van der Waals surface area (Å²) in [6.45, 7) is 4.63. The predicted octanol–water partition coefficient (Wildman–Crippen LogP) is 4.78. The van der Waals surface area contributed by atoms with Crippen LogP contribution in [0.3, 0.4) is 0 Å². The highest BCUT2D eigenvalue weighted by Crippen LogP contribution is 2.46. The molecule has 2 aliphatic rings. The third kappa shape index (κ3) is 3.17. The molecule has 1 aromatic heterocycles. The predicted molar refractivity (Wildman–Crippen MR) is 115 cm³/mol. The van der Waals surface area contributed by atoms with Gasteiger partial charge in [-0.15, -0.1) is 11.3 Å². The average molecular weight is 395 g/mol. The maximum Gasteiger partial charge on any atom is 0.125 e. The van der Waals surface area contributed by atoms with Gasteiger partial charge in [0, 0.05) is 43.2 Å². The van der Waals surface area contributed by atoms with Crippen LogP contribution in [0.5, 0.6) is 0 Å². The highest BCUT2D eigenvalue weighted by Gasteiger charge is 2.30. The number of rotatable bonds is 2. The number of hydrogen-bond acceptors (Lipinski definition) is 5. The number of nitrogens with zero attached hydrogens (tertiary/aromatic N) is 3. The highest BCUT2D eigenvalue weighted by atomic mass is 32.1. The second-order valence-electron chi connectivity index (χ2n) is 7.39. The maximum atomic E-state index is 13.9. The van der Waals surface area contributed by atoms with E-state index in [2.05, 4.69) is 57.6 Å². The van der Waals surface area contributed by atoms with Gasteiger partial charge in [0.2, 0.25) is 0 Å². The fourth-order valence-electron chi connectivity index (χ4n) is 3.88. The smallest absolute Gasteiger partial charge is 0.125 e. The van der Waals surface area contributed by atoms with E-state index in [1.165, 1.54) is 21.0 Å². The zero-order chi connectivity index (χ0) is 19.1. The Morgan fingerprint density at radius 1 is 0.964 bits per heavy atom. The molecule has 3 heterocycles. The van der Waals surface area contributed by atoms with Crippen LogP contribution in [0.25, 0.3) is 10.4 Å². The number of piperazine rings is 1. The number of nitrogens with one attached hydrogen (secondary N) is 1. The molecule has 0 bridgehead atoms. The normalized spacial score (nSPS) is 17.6. The first-order valence-corrected chi connectivity index (χ1v) is 10.5. The van der Waals surface area contributed by atoms with Crippen molar-refractivity contribution in [1.82, 2.24) is 9.91 Å². The molecule has 0 radical (unpaired) electrons. The molecule has 0 aliphatic carbocycles. The maximum absolute atomic E-state index is 13.9. The lowest BCUT2D eigenvalue weighted by molar-refractivity contribution is 0.155. The first-order chi connectivity index (χ1) is 13.7. The Hall–Kier alpha value is -2.41. The summed E-state index contributed by atoms with van der Waals surface area (Å²) < 4.78 is 13.9. The second-order valence-corrected chi connectivity index (χ2v) is 8.42. The molecule has 0 spiro atoms. The molecule has 2 aliphatic heterocycles. The molecule has 28 heavy (non-hydrogen) atoms. The fraction of sp³-hybridized carbons (Fsp3) is 0.273. The SMILES string of the molecule is CN1CCN(N2c3ccc(F)cc3NCc3cc(-c4ccccc4)sc32)CC1. The van der Waals surface area contributed by atoms with Gasteiger partial charge < -0.3 is 10.2 Å². The van der Waals surface area contributed by atoms with Crippen molar-refractivity contribution in [2.24, 2.45) is 0 Å². The number of thiophene rings is 1. The van der Waals surface area contributed by atoms with Gasteiger partial charge >= 0.3 is 0 Å². The Bertz CT molecular complexity index is 979. The molecule has 0 amide bonds. The molecule has 4 nitrogen and oxygen atoms in total. The third-order valence-corrected chi connectivity index (χ3v) is 6.66. The molecule has 2 aromatic carbocycles. The molecule has 1 N–H and O–H groups in total. The first-order valence-electron chi connectivity index (χ1n) is 9.64. The summed E-state index contributed by atoms with van der Waals surface area (Å²) in [6, 6.07) is 17.8. The molecule has 6 heteroatoms. The average Bonchev–Trinajstić information content (AvgIpc) is 3.08. The number of likely N-dealkylation sites (N-methyl/N-ethyl adjacent to an activating group) is 1. The van der Waals surface area contributed by atoms with E-state index < -0.39 is 0 Å². The largest absolute Gasteiger partial charge is 0.379 e. The van der Waals surface area contributed by atoms with Crippen LogP contribution in [0.4, 0.5) is 20.8 Å². The molecular formula is C22H23FN4S. The Morgan fingerprint density at radius 2 is 1.75 bits per heavy atom. The van der Waals surface area contributed by atoms with Crippen LogP contribution in [0.15, 0.2) is 54.6 Å². The number of hydrogen-bond donors (Lipinski definition) is 1. The van der Waals surface area contributed by atoms with Crippen LogP contribution in [0.1, 0.15) is 5.56 Å². The van der Waals surface area contributed by atoms with Crippen LogP contribution in [-0.4, -0.2) is 43.1 Å². The second kappa shape index (κ2) is 7.20. The third-order valence-electron chi connectivity index (χ3n) is 5.46. The van der Waals surface area contributed by atoms with E-state index >= 15 is 0 Å². The summed E-state index contributed by atoms with van der Waals surface area (Å²) in [6.07, 6.45) is 0. The Morgan fingerprint density at radius 3 is 2.54 bits per heavy atom. The lowest BCUT2D eigenvalue weighted by Gasteiger charge is -2.40. The van der Waals surface area contributed by atoms with Gasteiger partial charge in [-0.1, -0.05) is 30.3 Å². The molecule has 0 atom stereocenters. The monoisotopic (exact) mass is 394 g/mol. The number of fused-ring (bicyclic) bond motifs is 2. The van der Waals surface area contributed by atoms with Gasteiger partial charge in [-0.3, -0.25) is 5.01 Å². The van der Waals surface area contributed by atoms with Crippen molar-refractivity contribution in [2.75, 3.05) is 43.6 Å². The molecule has 1 saturated heterocycles. The molecule has 0 unspecified atom stereocenters. The zero-order valence-electron chi connectivity index (χ0n) is 15.9. The van der Waals surface area contributed by atoms with Crippen molar-refractivity contribution >= 4 is 27.7 Å². The lowest BCUT2D eigenvalue weighted by atomic mass is 10.1. The fourth-order valence-corrected chi connectivity index (χ4v) is 5.11. The topological polar surface area (TPSA) is 21.8 Å². The number of anilines is 3. The van der Waals surface area contributed by atoms with Gasteiger partial charge in [-0.05, 0) is 36.9 Å². The standard InChI is InChI=1S/C22H23FN4S/c1-25-9-11-26(12-10-25)27-20-8-7-18(23)14-19(20)24-15-17-13-21(28-22(17)27)16-5-3-2-4-6-16/h2-8,13-14,24H,9-12,15H2,1H3. The van der Waals surface area contributed by atoms with Crippen molar-refractivity contribution < 1.29 is 4.39 Å². The van der Waals surface area contributed by atoms with Crippen molar-refractivity contribution in [3.05, 3.63) is 66.0 Å². The van der Waals surface area contributed by atoms with E-state index in [-0.39, 0.29) is 5.82 Å². The summed E-state index contributed by atoms with van der Waals surface area (Å²) in [7, 11) is 2.16. The molecule has 3 aromatic rings. The molecular weight excluding hydrogens is 371 g/mol. The molecule has 144 valence electrons. The summed E-state index contributed by atoms with van der Waals surface area (Å²) in [4.78, 5) is 3.61. The first kappa shape index (κ1) is 17.7. The minimum atomic E-state index is -0.209. The molecule has 1 fully saturated rings. The van der Waals surface area contributed by atoms with Crippen molar-refractivity contribution in [1.29, 1.82) is 0 Å².